The van der Waals surface area contributed by atoms with Crippen molar-refractivity contribution < 1.29 is 22.6 Å². The van der Waals surface area contributed by atoms with Crippen molar-refractivity contribution in [2.24, 2.45) is 0 Å². The zero-order chi connectivity index (χ0) is 27.7. The molecular formula is C24H27ClN8O5S. The van der Waals surface area contributed by atoms with Crippen LogP contribution in [0.4, 0.5) is 5.95 Å². The first-order valence-electron chi connectivity index (χ1n) is 12.0. The van der Waals surface area contributed by atoms with Gasteiger partial charge in [-0.1, -0.05) is 17.7 Å². The van der Waals surface area contributed by atoms with Crippen molar-refractivity contribution in [3.05, 3.63) is 53.2 Å². The van der Waals surface area contributed by atoms with Crippen LogP contribution in [0.2, 0.25) is 5.02 Å². The van der Waals surface area contributed by atoms with Gasteiger partial charge in [0.15, 0.2) is 11.6 Å². The summed E-state index contributed by atoms with van der Waals surface area (Å²) in [6, 6.07) is 7.15. The van der Waals surface area contributed by atoms with Crippen LogP contribution in [-0.4, -0.2) is 69.5 Å². The summed E-state index contributed by atoms with van der Waals surface area (Å²) >= 11 is 5.90. The van der Waals surface area contributed by atoms with Crippen molar-refractivity contribution in [1.82, 2.24) is 34.5 Å². The van der Waals surface area contributed by atoms with Gasteiger partial charge >= 0.3 is 0 Å². The molecule has 206 valence electrons. The van der Waals surface area contributed by atoms with Crippen LogP contribution in [0.1, 0.15) is 31.0 Å². The first-order chi connectivity index (χ1) is 18.8. The number of anilines is 1. The number of nitrogens with one attached hydrogen (secondary N) is 1. The summed E-state index contributed by atoms with van der Waals surface area (Å²) in [5, 5.41) is 12.4. The second kappa shape index (κ2) is 10.8. The van der Waals surface area contributed by atoms with Gasteiger partial charge in [0.05, 0.1) is 19.2 Å². The number of hydrogen-bond acceptors (Lipinski definition) is 10. The van der Waals surface area contributed by atoms with Crippen LogP contribution in [0.3, 0.4) is 0 Å². The molecule has 39 heavy (non-hydrogen) atoms. The molecule has 4 heterocycles. The highest BCUT2D eigenvalue weighted by Crippen LogP contribution is 2.38. The lowest BCUT2D eigenvalue weighted by atomic mass is 10.2. The molecule has 3 aromatic heterocycles. The van der Waals surface area contributed by atoms with Crippen LogP contribution >= 0.6 is 11.6 Å². The standard InChI is InChI=1S/C24H27ClN8O5S/c1-14(21(38-4)22-26-12-15(25)13-27-22)39(34,35)31-24-29-28-23(17-11-16-7-6-10-32(16)30-17)33(24)20-18(36-2)8-5-9-19(20)37-3/h5,8-9,11-14,21H,6-7,10H2,1-4H3,(H,29,31)/t14-,21?/m0/s1. The average Bonchev–Trinajstić information content (AvgIpc) is 3.64. The van der Waals surface area contributed by atoms with E-state index in [0.29, 0.717) is 33.7 Å². The Bertz CT molecular complexity index is 1540. The molecule has 0 saturated heterocycles. The summed E-state index contributed by atoms with van der Waals surface area (Å²) in [5.74, 6) is 1.23. The molecule has 2 atom stereocenters. The molecule has 0 aliphatic carbocycles. The predicted molar refractivity (Wildman–Crippen MR) is 143 cm³/mol. The second-order valence-corrected chi connectivity index (χ2v) is 11.3. The maximum absolute atomic E-state index is 13.7. The van der Waals surface area contributed by atoms with E-state index in [1.54, 1.807) is 18.2 Å². The summed E-state index contributed by atoms with van der Waals surface area (Å²) in [4.78, 5) is 8.26. The monoisotopic (exact) mass is 574 g/mol. The fraction of sp³-hybridized carbons (Fsp3) is 0.375. The highest BCUT2D eigenvalue weighted by Gasteiger charge is 2.35. The Morgan fingerprint density at radius 1 is 1.08 bits per heavy atom. The largest absolute Gasteiger partial charge is 0.494 e. The molecule has 1 unspecified atom stereocenters. The Kier molecular flexibility index (Phi) is 7.42. The molecule has 1 aromatic carbocycles. The predicted octanol–water partition coefficient (Wildman–Crippen LogP) is 3.06. The number of aryl methyl sites for hydroxylation is 2. The van der Waals surface area contributed by atoms with Crippen molar-refractivity contribution >= 4 is 27.6 Å². The van der Waals surface area contributed by atoms with Crippen molar-refractivity contribution in [2.75, 3.05) is 26.1 Å². The molecule has 0 saturated carbocycles. The Labute approximate surface area is 230 Å². The van der Waals surface area contributed by atoms with E-state index in [-0.39, 0.29) is 11.8 Å². The molecule has 0 bridgehead atoms. The zero-order valence-corrected chi connectivity index (χ0v) is 23.3. The molecule has 5 rings (SSSR count). The van der Waals surface area contributed by atoms with E-state index in [1.807, 2.05) is 10.7 Å². The molecule has 0 amide bonds. The Morgan fingerprint density at radius 3 is 2.38 bits per heavy atom. The minimum absolute atomic E-state index is 0.0836. The third-order valence-corrected chi connectivity index (χ3v) is 8.37. The summed E-state index contributed by atoms with van der Waals surface area (Å²) in [7, 11) is 0.263. The number of methoxy groups -OCH3 is 3. The number of aromatic nitrogens is 7. The topological polar surface area (TPSA) is 148 Å². The van der Waals surface area contributed by atoms with Crippen molar-refractivity contribution in [3.8, 4) is 28.7 Å². The Hall–Kier alpha value is -3.75. The summed E-state index contributed by atoms with van der Waals surface area (Å²) in [6.45, 7) is 2.28. The summed E-state index contributed by atoms with van der Waals surface area (Å²) in [5.41, 5.74) is 2.01. The molecule has 15 heteroatoms. The van der Waals surface area contributed by atoms with Crippen LogP contribution in [-0.2, 0) is 27.7 Å². The summed E-state index contributed by atoms with van der Waals surface area (Å²) in [6.07, 6.45) is 3.66. The number of sulfonamides is 1. The first kappa shape index (κ1) is 26.8. The molecule has 4 aromatic rings. The maximum Gasteiger partial charge on any atom is 0.243 e. The van der Waals surface area contributed by atoms with Crippen LogP contribution in [0.15, 0.2) is 36.7 Å². The van der Waals surface area contributed by atoms with Gasteiger partial charge in [0.25, 0.3) is 0 Å². The molecule has 1 N–H and O–H groups in total. The van der Waals surface area contributed by atoms with Gasteiger partial charge < -0.3 is 14.2 Å². The SMILES string of the molecule is COc1cccc(OC)c1-n1c(NS(=O)(=O)[C@@H](C)C(OC)c2ncc(Cl)cn2)nnc1-c1cc2n(n1)CCC2. The fourth-order valence-electron chi connectivity index (χ4n) is 4.51. The molecule has 0 radical (unpaired) electrons. The maximum atomic E-state index is 13.7. The number of ether oxygens (including phenoxy) is 3. The third kappa shape index (κ3) is 5.02. The molecule has 1 aliphatic heterocycles. The van der Waals surface area contributed by atoms with E-state index >= 15 is 0 Å². The number of fused-ring (bicyclic) bond motifs is 1. The lowest BCUT2D eigenvalue weighted by Crippen LogP contribution is -2.33. The van der Waals surface area contributed by atoms with Gasteiger partial charge in [-0.3, -0.25) is 14.0 Å². The van der Waals surface area contributed by atoms with Gasteiger partial charge in [0.1, 0.15) is 34.2 Å². The van der Waals surface area contributed by atoms with E-state index in [4.69, 9.17) is 25.8 Å². The van der Waals surface area contributed by atoms with Gasteiger partial charge in [-0.05, 0) is 38.0 Å². The smallest absolute Gasteiger partial charge is 0.243 e. The minimum Gasteiger partial charge on any atom is -0.494 e. The zero-order valence-electron chi connectivity index (χ0n) is 21.7. The van der Waals surface area contributed by atoms with Gasteiger partial charge in [-0.15, -0.1) is 10.2 Å². The van der Waals surface area contributed by atoms with Gasteiger partial charge in [-0.2, -0.15) is 5.10 Å². The van der Waals surface area contributed by atoms with E-state index in [9.17, 15) is 8.42 Å². The van der Waals surface area contributed by atoms with Gasteiger partial charge in [-0.25, -0.2) is 18.4 Å². The third-order valence-electron chi connectivity index (χ3n) is 6.48. The Morgan fingerprint density at radius 2 is 1.77 bits per heavy atom. The van der Waals surface area contributed by atoms with E-state index in [0.717, 1.165) is 25.1 Å². The molecule has 0 spiro atoms. The normalized spacial score (nSPS) is 14.6. The Balaban J connectivity index is 1.61. The number of benzene rings is 1. The van der Waals surface area contributed by atoms with Crippen LogP contribution < -0.4 is 14.2 Å². The highest BCUT2D eigenvalue weighted by molar-refractivity contribution is 7.93. The number of para-hydroxylation sites is 1. The summed E-state index contributed by atoms with van der Waals surface area (Å²) < 4.78 is 50.0. The average molecular weight is 575 g/mol. The van der Waals surface area contributed by atoms with Crippen molar-refractivity contribution in [1.29, 1.82) is 0 Å². The van der Waals surface area contributed by atoms with Crippen LogP contribution in [0.5, 0.6) is 11.5 Å². The number of nitrogens with zero attached hydrogens (tertiary/aromatic N) is 7. The minimum atomic E-state index is -4.14. The van der Waals surface area contributed by atoms with E-state index in [1.165, 1.54) is 45.2 Å². The fourth-order valence-corrected chi connectivity index (χ4v) is 5.74. The van der Waals surface area contributed by atoms with Crippen molar-refractivity contribution in [3.63, 3.8) is 0 Å². The number of rotatable bonds is 10. The van der Waals surface area contributed by atoms with Crippen LogP contribution in [0.25, 0.3) is 17.2 Å². The van der Waals surface area contributed by atoms with E-state index in [2.05, 4.69) is 30.0 Å². The van der Waals surface area contributed by atoms with Gasteiger partial charge in [0.2, 0.25) is 16.0 Å². The van der Waals surface area contributed by atoms with Crippen molar-refractivity contribution in [2.45, 2.75) is 37.7 Å². The molecular weight excluding hydrogens is 548 g/mol. The van der Waals surface area contributed by atoms with Gasteiger partial charge in [0, 0.05) is 31.7 Å². The lowest BCUT2D eigenvalue weighted by molar-refractivity contribution is 0.0950. The highest BCUT2D eigenvalue weighted by atomic mass is 35.5. The van der Waals surface area contributed by atoms with E-state index < -0.39 is 21.4 Å². The number of hydrogen-bond donors (Lipinski definition) is 1. The molecule has 0 fully saturated rings. The molecule has 13 nitrogen and oxygen atoms in total. The van der Waals surface area contributed by atoms with Crippen LogP contribution in [0, 0.1) is 0 Å². The number of halogens is 1. The quantitative estimate of drug-likeness (QED) is 0.299. The second-order valence-electron chi connectivity index (χ2n) is 8.81. The first-order valence-corrected chi connectivity index (χ1v) is 14.0. The lowest BCUT2D eigenvalue weighted by Gasteiger charge is -2.22. The molecule has 1 aliphatic rings.